The summed E-state index contributed by atoms with van der Waals surface area (Å²) in [4.78, 5) is 23.6. The number of carbonyl (C=O) groups excluding carboxylic acids is 1. The predicted octanol–water partition coefficient (Wildman–Crippen LogP) is 2.71. The van der Waals surface area contributed by atoms with Crippen LogP contribution in [0.4, 0.5) is 11.4 Å². The zero-order chi connectivity index (χ0) is 23.6. The summed E-state index contributed by atoms with van der Waals surface area (Å²) in [6, 6.07) is 7.61. The van der Waals surface area contributed by atoms with Crippen LogP contribution < -0.4 is 19.1 Å². The second-order valence-corrected chi connectivity index (χ2v) is 9.46. The number of sulfonamides is 1. The van der Waals surface area contributed by atoms with Crippen molar-refractivity contribution in [1.29, 1.82) is 0 Å². The van der Waals surface area contributed by atoms with Crippen molar-refractivity contribution in [3.8, 4) is 11.5 Å². The molecular weight excluding hydrogens is 438 g/mol. The van der Waals surface area contributed by atoms with E-state index >= 15 is 0 Å². The minimum Gasteiger partial charge on any atom is -0.486 e. The molecule has 1 aliphatic rings. The minimum absolute atomic E-state index is 0.0799. The molecule has 3 rings (SSSR count). The maximum Gasteiger partial charge on any atom is 0.271 e. The van der Waals surface area contributed by atoms with Crippen molar-refractivity contribution < 1.29 is 27.6 Å². The lowest BCUT2D eigenvalue weighted by molar-refractivity contribution is -0.384. The standard InChI is InChI=1S/C21H25N3O7S/c1-13-5-7-17(24(26)27)12-18(13)23(32(4,28)29)15(3)21(25)22-14(2)16-6-8-19-20(11-16)31-10-9-30-19/h5-8,11-12,14-15H,9-10H2,1-4H3,(H,22,25)/t14-,15+/m1/s1. The molecule has 10 nitrogen and oxygen atoms in total. The third-order valence-electron chi connectivity index (χ3n) is 5.15. The van der Waals surface area contributed by atoms with Crippen LogP contribution in [0.25, 0.3) is 0 Å². The molecule has 172 valence electrons. The normalized spacial score (nSPS) is 14.9. The number of nitro benzene ring substituents is 1. The van der Waals surface area contributed by atoms with Crippen LogP contribution in [-0.4, -0.2) is 44.8 Å². The molecule has 0 fully saturated rings. The van der Waals surface area contributed by atoms with Crippen LogP contribution in [0, 0.1) is 17.0 Å². The number of nitro groups is 1. The zero-order valence-electron chi connectivity index (χ0n) is 18.2. The highest BCUT2D eigenvalue weighted by molar-refractivity contribution is 7.92. The summed E-state index contributed by atoms with van der Waals surface area (Å²) in [5.74, 6) is 0.646. The van der Waals surface area contributed by atoms with Gasteiger partial charge in [-0.25, -0.2) is 8.42 Å². The van der Waals surface area contributed by atoms with Gasteiger partial charge in [0.15, 0.2) is 11.5 Å². The third kappa shape index (κ3) is 4.93. The van der Waals surface area contributed by atoms with Crippen molar-refractivity contribution >= 4 is 27.3 Å². The molecule has 0 spiro atoms. The molecule has 1 N–H and O–H groups in total. The van der Waals surface area contributed by atoms with Gasteiger partial charge in [0.1, 0.15) is 19.3 Å². The number of amides is 1. The molecule has 32 heavy (non-hydrogen) atoms. The van der Waals surface area contributed by atoms with Gasteiger partial charge in [-0.15, -0.1) is 0 Å². The molecule has 1 amide bonds. The first kappa shape index (κ1) is 23.3. The summed E-state index contributed by atoms with van der Waals surface area (Å²) in [6.07, 6.45) is 0.958. The van der Waals surface area contributed by atoms with Crippen molar-refractivity contribution in [2.24, 2.45) is 0 Å². The number of carbonyl (C=O) groups is 1. The van der Waals surface area contributed by atoms with Crippen molar-refractivity contribution in [1.82, 2.24) is 5.32 Å². The number of rotatable bonds is 7. The van der Waals surface area contributed by atoms with Gasteiger partial charge in [0.2, 0.25) is 15.9 Å². The molecule has 0 saturated heterocycles. The topological polar surface area (TPSA) is 128 Å². The van der Waals surface area contributed by atoms with E-state index < -0.39 is 32.9 Å². The lowest BCUT2D eigenvalue weighted by Gasteiger charge is -2.30. The highest BCUT2D eigenvalue weighted by Gasteiger charge is 2.32. The molecule has 0 aromatic heterocycles. The van der Waals surface area contributed by atoms with E-state index in [-0.39, 0.29) is 11.4 Å². The molecule has 0 bridgehead atoms. The largest absolute Gasteiger partial charge is 0.486 e. The number of benzene rings is 2. The van der Waals surface area contributed by atoms with E-state index in [1.807, 2.05) is 0 Å². The van der Waals surface area contributed by atoms with Gasteiger partial charge in [0.05, 0.1) is 22.9 Å². The number of nitrogens with one attached hydrogen (secondary N) is 1. The zero-order valence-corrected chi connectivity index (χ0v) is 19.0. The Labute approximate surface area is 186 Å². The summed E-state index contributed by atoms with van der Waals surface area (Å²) in [5.41, 5.74) is 1.06. The van der Waals surface area contributed by atoms with Gasteiger partial charge >= 0.3 is 0 Å². The Morgan fingerprint density at radius 3 is 2.41 bits per heavy atom. The van der Waals surface area contributed by atoms with Crippen molar-refractivity contribution in [3.63, 3.8) is 0 Å². The van der Waals surface area contributed by atoms with Crippen molar-refractivity contribution in [2.45, 2.75) is 32.9 Å². The van der Waals surface area contributed by atoms with Gasteiger partial charge in [-0.2, -0.15) is 0 Å². The average Bonchev–Trinajstić information content (AvgIpc) is 2.73. The summed E-state index contributed by atoms with van der Waals surface area (Å²) in [6.45, 7) is 5.72. The monoisotopic (exact) mass is 463 g/mol. The SMILES string of the molecule is Cc1ccc([N+](=O)[O-])cc1N([C@@H](C)C(=O)N[C@H](C)c1ccc2c(c1)OCCO2)S(C)(=O)=O. The number of non-ortho nitro benzene ring substituents is 1. The van der Waals surface area contributed by atoms with Gasteiger partial charge < -0.3 is 14.8 Å². The Kier molecular flexibility index (Phi) is 6.58. The number of ether oxygens (including phenoxy) is 2. The van der Waals surface area contributed by atoms with Gasteiger partial charge in [-0.3, -0.25) is 19.2 Å². The summed E-state index contributed by atoms with van der Waals surface area (Å²) >= 11 is 0. The first-order valence-electron chi connectivity index (χ1n) is 9.93. The maximum absolute atomic E-state index is 13.0. The van der Waals surface area contributed by atoms with Crippen LogP contribution in [0.3, 0.4) is 0 Å². The smallest absolute Gasteiger partial charge is 0.271 e. The number of hydrogen-bond donors (Lipinski definition) is 1. The second-order valence-electron chi connectivity index (χ2n) is 7.60. The number of aryl methyl sites for hydroxylation is 1. The molecule has 0 unspecified atom stereocenters. The van der Waals surface area contributed by atoms with Gasteiger partial charge in [0, 0.05) is 12.1 Å². The Morgan fingerprint density at radius 2 is 1.78 bits per heavy atom. The van der Waals surface area contributed by atoms with Crippen LogP contribution in [0.5, 0.6) is 11.5 Å². The minimum atomic E-state index is -3.93. The van der Waals surface area contributed by atoms with Gasteiger partial charge in [-0.1, -0.05) is 12.1 Å². The second kappa shape index (κ2) is 9.03. The Bertz CT molecular complexity index is 1150. The molecule has 1 aliphatic heterocycles. The quantitative estimate of drug-likeness (QED) is 0.494. The summed E-state index contributed by atoms with van der Waals surface area (Å²) < 4.78 is 37.1. The number of anilines is 1. The fourth-order valence-electron chi connectivity index (χ4n) is 3.48. The average molecular weight is 464 g/mol. The maximum atomic E-state index is 13.0. The fourth-order valence-corrected chi connectivity index (χ4v) is 4.70. The van der Waals surface area contributed by atoms with E-state index in [9.17, 15) is 23.3 Å². The molecule has 2 aromatic rings. The number of nitrogens with zero attached hydrogens (tertiary/aromatic N) is 2. The lowest BCUT2D eigenvalue weighted by atomic mass is 10.1. The number of fused-ring (bicyclic) bond motifs is 1. The van der Waals surface area contributed by atoms with Crippen molar-refractivity contribution in [3.05, 3.63) is 57.6 Å². The lowest BCUT2D eigenvalue weighted by Crippen LogP contribution is -2.48. The molecule has 0 saturated carbocycles. The summed E-state index contributed by atoms with van der Waals surface area (Å²) in [7, 11) is -3.93. The van der Waals surface area contributed by atoms with Crippen molar-refractivity contribution in [2.75, 3.05) is 23.8 Å². The fraction of sp³-hybridized carbons (Fsp3) is 0.381. The van der Waals surface area contributed by atoms with Crippen LogP contribution in [-0.2, 0) is 14.8 Å². The van der Waals surface area contributed by atoms with E-state index in [0.29, 0.717) is 30.3 Å². The van der Waals surface area contributed by atoms with E-state index in [1.54, 1.807) is 32.0 Å². The van der Waals surface area contributed by atoms with E-state index in [0.717, 1.165) is 22.2 Å². The molecule has 1 heterocycles. The van der Waals surface area contributed by atoms with Gasteiger partial charge in [-0.05, 0) is 44.0 Å². The Balaban J connectivity index is 1.86. The van der Waals surface area contributed by atoms with E-state index in [1.165, 1.54) is 19.1 Å². The van der Waals surface area contributed by atoms with Crippen LogP contribution >= 0.6 is 0 Å². The molecule has 11 heteroatoms. The van der Waals surface area contributed by atoms with Crippen LogP contribution in [0.15, 0.2) is 36.4 Å². The third-order valence-corrected chi connectivity index (χ3v) is 6.38. The highest BCUT2D eigenvalue weighted by atomic mass is 32.2. The molecule has 2 aromatic carbocycles. The van der Waals surface area contributed by atoms with E-state index in [4.69, 9.17) is 9.47 Å². The molecule has 0 aliphatic carbocycles. The van der Waals surface area contributed by atoms with Crippen LogP contribution in [0.1, 0.15) is 31.0 Å². The summed E-state index contributed by atoms with van der Waals surface area (Å²) in [5, 5.41) is 14.0. The molecule has 0 radical (unpaired) electrons. The Hall–Kier alpha value is -3.34. The van der Waals surface area contributed by atoms with Gasteiger partial charge in [0.25, 0.3) is 5.69 Å². The van der Waals surface area contributed by atoms with E-state index in [2.05, 4.69) is 5.32 Å². The first-order chi connectivity index (χ1) is 15.0. The number of hydrogen-bond acceptors (Lipinski definition) is 7. The molecule has 2 atom stereocenters. The highest BCUT2D eigenvalue weighted by Crippen LogP contribution is 2.33. The first-order valence-corrected chi connectivity index (χ1v) is 11.8. The predicted molar refractivity (Wildman–Crippen MR) is 119 cm³/mol. The molecular formula is C21H25N3O7S. The van der Waals surface area contributed by atoms with Crippen LogP contribution in [0.2, 0.25) is 0 Å². The Morgan fingerprint density at radius 1 is 1.12 bits per heavy atom.